The number of nitrogens with zero attached hydrogens (tertiary/aromatic N) is 1. The van der Waals surface area contributed by atoms with Crippen LogP contribution in [0.1, 0.15) is 39.0 Å². The van der Waals surface area contributed by atoms with Gasteiger partial charge in [0, 0.05) is 24.5 Å². The van der Waals surface area contributed by atoms with Crippen LogP contribution in [0.3, 0.4) is 0 Å². The molecule has 0 aromatic carbocycles. The molecule has 1 aliphatic heterocycles. The Balaban J connectivity index is 1.59. The van der Waals surface area contributed by atoms with Gasteiger partial charge in [0.15, 0.2) is 0 Å². The van der Waals surface area contributed by atoms with Crippen molar-refractivity contribution in [3.05, 3.63) is 0 Å². The number of hydrogen-bond acceptors (Lipinski definition) is 2. The largest absolute Gasteiger partial charge is 0.338 e. The summed E-state index contributed by atoms with van der Waals surface area (Å²) in [6.45, 7) is 4.30. The van der Waals surface area contributed by atoms with E-state index in [0.29, 0.717) is 29.8 Å². The van der Waals surface area contributed by atoms with Gasteiger partial charge >= 0.3 is 0 Å². The molecule has 0 radical (unpaired) electrons. The SMILES string of the molecule is CC1CC1C(=O)N(CC1CCCN1)C1CC1. The quantitative estimate of drug-likeness (QED) is 0.779. The predicted molar refractivity (Wildman–Crippen MR) is 63.0 cm³/mol. The summed E-state index contributed by atoms with van der Waals surface area (Å²) >= 11 is 0. The van der Waals surface area contributed by atoms with Gasteiger partial charge in [-0.25, -0.2) is 0 Å². The molecule has 3 nitrogen and oxygen atoms in total. The van der Waals surface area contributed by atoms with E-state index in [2.05, 4.69) is 17.1 Å². The van der Waals surface area contributed by atoms with Gasteiger partial charge in [0.25, 0.3) is 0 Å². The maximum Gasteiger partial charge on any atom is 0.226 e. The minimum Gasteiger partial charge on any atom is -0.338 e. The van der Waals surface area contributed by atoms with Crippen molar-refractivity contribution in [1.82, 2.24) is 10.2 Å². The zero-order valence-corrected chi connectivity index (χ0v) is 10.1. The Bertz CT molecular complexity index is 282. The summed E-state index contributed by atoms with van der Waals surface area (Å²) in [6.07, 6.45) is 6.12. The molecular weight excluding hydrogens is 200 g/mol. The molecule has 0 aromatic heterocycles. The van der Waals surface area contributed by atoms with Gasteiger partial charge in [0.1, 0.15) is 0 Å². The zero-order valence-electron chi connectivity index (χ0n) is 10.1. The Morgan fingerprint density at radius 2 is 2.12 bits per heavy atom. The average Bonchev–Trinajstić information content (AvgIpc) is 3.17. The first-order chi connectivity index (χ1) is 7.75. The van der Waals surface area contributed by atoms with Crippen molar-refractivity contribution in [3.8, 4) is 0 Å². The van der Waals surface area contributed by atoms with Crippen LogP contribution in [0.5, 0.6) is 0 Å². The number of carbonyl (C=O) groups excluding carboxylic acids is 1. The van der Waals surface area contributed by atoms with Crippen LogP contribution in [0.15, 0.2) is 0 Å². The minimum atomic E-state index is 0.363. The maximum absolute atomic E-state index is 12.3. The summed E-state index contributed by atoms with van der Waals surface area (Å²) in [5, 5.41) is 3.50. The fourth-order valence-corrected chi connectivity index (χ4v) is 2.83. The third-order valence-corrected chi connectivity index (χ3v) is 4.28. The van der Waals surface area contributed by atoms with Gasteiger partial charge in [-0.05, 0) is 44.6 Å². The third kappa shape index (κ3) is 2.10. The van der Waals surface area contributed by atoms with Crippen LogP contribution in [-0.2, 0) is 4.79 Å². The molecule has 0 spiro atoms. The molecule has 2 saturated carbocycles. The summed E-state index contributed by atoms with van der Waals surface area (Å²) in [7, 11) is 0. The van der Waals surface area contributed by atoms with Gasteiger partial charge in [-0.2, -0.15) is 0 Å². The third-order valence-electron chi connectivity index (χ3n) is 4.28. The van der Waals surface area contributed by atoms with Crippen LogP contribution in [0, 0.1) is 11.8 Å². The lowest BCUT2D eigenvalue weighted by atomic mass is 10.2. The predicted octanol–water partition coefficient (Wildman–Crippen LogP) is 1.39. The molecule has 3 rings (SSSR count). The van der Waals surface area contributed by atoms with E-state index in [0.717, 1.165) is 19.5 Å². The Kier molecular flexibility index (Phi) is 2.66. The molecular formula is C13H22N2O. The van der Waals surface area contributed by atoms with Gasteiger partial charge in [-0.15, -0.1) is 0 Å². The lowest BCUT2D eigenvalue weighted by Gasteiger charge is -2.26. The van der Waals surface area contributed by atoms with E-state index < -0.39 is 0 Å². The van der Waals surface area contributed by atoms with Gasteiger partial charge in [-0.1, -0.05) is 6.92 Å². The lowest BCUT2D eigenvalue weighted by molar-refractivity contribution is -0.133. The van der Waals surface area contributed by atoms with Crippen molar-refractivity contribution < 1.29 is 4.79 Å². The van der Waals surface area contributed by atoms with Crippen LogP contribution >= 0.6 is 0 Å². The topological polar surface area (TPSA) is 32.3 Å². The Labute approximate surface area is 97.6 Å². The standard InChI is InChI=1S/C13H22N2O/c1-9-7-12(9)13(16)15(11-4-5-11)8-10-3-2-6-14-10/h9-12,14H,2-8H2,1H3. The fraction of sp³-hybridized carbons (Fsp3) is 0.923. The summed E-state index contributed by atoms with van der Waals surface area (Å²) in [5.41, 5.74) is 0. The van der Waals surface area contributed by atoms with Crippen molar-refractivity contribution in [2.45, 2.75) is 51.1 Å². The highest BCUT2D eigenvalue weighted by atomic mass is 16.2. The van der Waals surface area contributed by atoms with E-state index in [1.54, 1.807) is 0 Å². The van der Waals surface area contributed by atoms with E-state index in [1.165, 1.54) is 25.7 Å². The molecule has 90 valence electrons. The summed E-state index contributed by atoms with van der Waals surface area (Å²) < 4.78 is 0. The van der Waals surface area contributed by atoms with Crippen molar-refractivity contribution >= 4 is 5.91 Å². The molecule has 16 heavy (non-hydrogen) atoms. The van der Waals surface area contributed by atoms with E-state index in [9.17, 15) is 4.79 Å². The first-order valence-electron chi connectivity index (χ1n) is 6.79. The number of amides is 1. The first-order valence-corrected chi connectivity index (χ1v) is 6.79. The van der Waals surface area contributed by atoms with Crippen LogP contribution in [-0.4, -0.2) is 36.0 Å². The molecule has 0 bridgehead atoms. The highest BCUT2D eigenvalue weighted by molar-refractivity contribution is 5.82. The molecule has 3 atom stereocenters. The highest BCUT2D eigenvalue weighted by Gasteiger charge is 2.45. The van der Waals surface area contributed by atoms with Crippen molar-refractivity contribution in [2.75, 3.05) is 13.1 Å². The van der Waals surface area contributed by atoms with Crippen LogP contribution in [0.2, 0.25) is 0 Å². The van der Waals surface area contributed by atoms with E-state index in [4.69, 9.17) is 0 Å². The van der Waals surface area contributed by atoms with Gasteiger partial charge < -0.3 is 10.2 Å². The maximum atomic E-state index is 12.3. The van der Waals surface area contributed by atoms with E-state index >= 15 is 0 Å². The monoisotopic (exact) mass is 222 g/mol. The fourth-order valence-electron chi connectivity index (χ4n) is 2.83. The molecule has 3 unspecified atom stereocenters. The lowest BCUT2D eigenvalue weighted by Crippen LogP contribution is -2.43. The minimum absolute atomic E-state index is 0.363. The second-order valence-corrected chi connectivity index (χ2v) is 5.83. The molecule has 1 N–H and O–H groups in total. The zero-order chi connectivity index (χ0) is 11.1. The highest BCUT2D eigenvalue weighted by Crippen LogP contribution is 2.41. The Morgan fingerprint density at radius 3 is 2.62 bits per heavy atom. The van der Waals surface area contributed by atoms with Crippen molar-refractivity contribution in [2.24, 2.45) is 11.8 Å². The van der Waals surface area contributed by atoms with Crippen LogP contribution in [0.4, 0.5) is 0 Å². The molecule has 0 aromatic rings. The Hall–Kier alpha value is -0.570. The van der Waals surface area contributed by atoms with Crippen LogP contribution < -0.4 is 5.32 Å². The average molecular weight is 222 g/mol. The molecule has 2 aliphatic carbocycles. The molecule has 1 amide bonds. The second-order valence-electron chi connectivity index (χ2n) is 5.83. The normalized spacial score (nSPS) is 37.4. The van der Waals surface area contributed by atoms with Crippen molar-refractivity contribution in [1.29, 1.82) is 0 Å². The molecule has 3 heteroatoms. The number of rotatable bonds is 4. The number of carbonyl (C=O) groups is 1. The molecule has 1 heterocycles. The summed E-state index contributed by atoms with van der Waals surface area (Å²) in [6, 6.07) is 1.15. The van der Waals surface area contributed by atoms with Gasteiger partial charge in [-0.3, -0.25) is 4.79 Å². The second kappa shape index (κ2) is 4.02. The summed E-state index contributed by atoms with van der Waals surface area (Å²) in [4.78, 5) is 14.5. The number of hydrogen-bond donors (Lipinski definition) is 1. The van der Waals surface area contributed by atoms with E-state index in [1.807, 2.05) is 0 Å². The summed E-state index contributed by atoms with van der Waals surface area (Å²) in [5.74, 6) is 1.45. The molecule has 3 aliphatic rings. The van der Waals surface area contributed by atoms with Crippen LogP contribution in [0.25, 0.3) is 0 Å². The van der Waals surface area contributed by atoms with Crippen molar-refractivity contribution in [3.63, 3.8) is 0 Å². The first kappa shape index (κ1) is 10.6. The Morgan fingerprint density at radius 1 is 1.38 bits per heavy atom. The van der Waals surface area contributed by atoms with E-state index in [-0.39, 0.29) is 0 Å². The number of nitrogens with one attached hydrogen (secondary N) is 1. The smallest absolute Gasteiger partial charge is 0.226 e. The molecule has 3 fully saturated rings. The molecule has 1 saturated heterocycles. The van der Waals surface area contributed by atoms with Gasteiger partial charge in [0.05, 0.1) is 0 Å². The van der Waals surface area contributed by atoms with Gasteiger partial charge in [0.2, 0.25) is 5.91 Å².